The zero-order valence-corrected chi connectivity index (χ0v) is 20.7. The lowest BCUT2D eigenvalue weighted by molar-refractivity contribution is -0.893. The Morgan fingerprint density at radius 1 is 1.12 bits per heavy atom. The highest BCUT2D eigenvalue weighted by Crippen LogP contribution is 2.24. The molecule has 182 valence electrons. The van der Waals surface area contributed by atoms with Gasteiger partial charge in [0.05, 0.1) is 32.8 Å². The van der Waals surface area contributed by atoms with Crippen LogP contribution < -0.4 is 4.74 Å². The van der Waals surface area contributed by atoms with E-state index in [4.69, 9.17) is 9.47 Å². The third-order valence-corrected chi connectivity index (χ3v) is 6.39. The third-order valence-electron chi connectivity index (χ3n) is 6.39. The molecular weight excluding hydrogens is 428 g/mol. The number of aliphatic hydroxyl groups excluding tert-OH is 1. The first kappa shape index (κ1) is 25.7. The SMILES string of the molecule is CCOC(=O)CCc1ccc(C#N)c(OC[C@H](O)C[N+](C)(C)CCc2ccc3c(c2)CCC3)c1. The van der Waals surface area contributed by atoms with Crippen LogP contribution in [0.5, 0.6) is 5.75 Å². The molecule has 2 aromatic carbocycles. The predicted octanol–water partition coefficient (Wildman–Crippen LogP) is 3.60. The van der Waals surface area contributed by atoms with E-state index in [1.165, 1.54) is 36.0 Å². The second kappa shape index (κ2) is 12.0. The monoisotopic (exact) mass is 465 g/mol. The Hall–Kier alpha value is -2.88. The Balaban J connectivity index is 1.50. The molecule has 1 N–H and O–H groups in total. The van der Waals surface area contributed by atoms with Crippen molar-refractivity contribution >= 4 is 5.97 Å². The van der Waals surface area contributed by atoms with Crippen LogP contribution in [0, 0.1) is 11.3 Å². The van der Waals surface area contributed by atoms with E-state index >= 15 is 0 Å². The van der Waals surface area contributed by atoms with E-state index < -0.39 is 6.10 Å². The maximum Gasteiger partial charge on any atom is 0.306 e. The van der Waals surface area contributed by atoms with Crippen molar-refractivity contribution in [1.29, 1.82) is 5.26 Å². The van der Waals surface area contributed by atoms with Gasteiger partial charge in [-0.05, 0) is 67.0 Å². The van der Waals surface area contributed by atoms with Gasteiger partial charge in [-0.2, -0.15) is 5.26 Å². The predicted molar refractivity (Wildman–Crippen MR) is 132 cm³/mol. The van der Waals surface area contributed by atoms with Crippen molar-refractivity contribution in [3.63, 3.8) is 0 Å². The summed E-state index contributed by atoms with van der Waals surface area (Å²) in [6.45, 7) is 3.72. The molecule has 0 amide bonds. The van der Waals surface area contributed by atoms with Crippen LogP contribution in [0.3, 0.4) is 0 Å². The lowest BCUT2D eigenvalue weighted by atomic mass is 10.0. The van der Waals surface area contributed by atoms with Crippen molar-refractivity contribution in [2.45, 2.75) is 51.6 Å². The molecule has 0 aliphatic heterocycles. The molecule has 0 saturated heterocycles. The summed E-state index contributed by atoms with van der Waals surface area (Å²) in [4.78, 5) is 11.6. The number of benzene rings is 2. The minimum Gasteiger partial charge on any atom is -0.489 e. The van der Waals surface area contributed by atoms with Crippen molar-refractivity contribution in [3.8, 4) is 11.8 Å². The summed E-state index contributed by atoms with van der Waals surface area (Å²) in [5.74, 6) is 0.191. The van der Waals surface area contributed by atoms with E-state index in [-0.39, 0.29) is 19.0 Å². The van der Waals surface area contributed by atoms with Crippen LogP contribution in [0.2, 0.25) is 0 Å². The molecule has 34 heavy (non-hydrogen) atoms. The first-order chi connectivity index (χ1) is 16.3. The smallest absolute Gasteiger partial charge is 0.306 e. The summed E-state index contributed by atoms with van der Waals surface area (Å²) in [5, 5.41) is 20.1. The Morgan fingerprint density at radius 3 is 2.62 bits per heavy atom. The number of carbonyl (C=O) groups is 1. The normalized spacial score (nSPS) is 13.7. The summed E-state index contributed by atoms with van der Waals surface area (Å²) in [6.07, 6.45) is 4.73. The lowest BCUT2D eigenvalue weighted by Gasteiger charge is -2.32. The molecule has 0 bridgehead atoms. The van der Waals surface area contributed by atoms with Crippen molar-refractivity contribution in [2.75, 3.05) is 40.4 Å². The Kier molecular flexibility index (Phi) is 9.09. The number of rotatable bonds is 12. The summed E-state index contributed by atoms with van der Waals surface area (Å²) in [5.41, 5.74) is 5.65. The molecular formula is C28H37N2O4+. The highest BCUT2D eigenvalue weighted by molar-refractivity contribution is 5.69. The van der Waals surface area contributed by atoms with E-state index in [0.717, 1.165) is 18.5 Å². The van der Waals surface area contributed by atoms with Crippen molar-refractivity contribution in [2.24, 2.45) is 0 Å². The van der Waals surface area contributed by atoms with Crippen LogP contribution in [-0.4, -0.2) is 62.1 Å². The summed E-state index contributed by atoms with van der Waals surface area (Å²) in [6, 6.07) is 14.3. The van der Waals surface area contributed by atoms with Crippen LogP contribution in [0.1, 0.15) is 47.6 Å². The zero-order chi connectivity index (χ0) is 24.6. The van der Waals surface area contributed by atoms with Gasteiger partial charge in [0.25, 0.3) is 0 Å². The van der Waals surface area contributed by atoms with Crippen LogP contribution in [0.25, 0.3) is 0 Å². The molecule has 6 heteroatoms. The minimum atomic E-state index is -0.662. The first-order valence-electron chi connectivity index (χ1n) is 12.2. The standard InChI is InChI=1S/C28H37N2O4/c1-4-33-28(32)13-10-21-9-12-25(18-29)27(17-21)34-20-26(31)19-30(2,3)15-14-22-8-11-23-6-5-7-24(23)16-22/h8-9,11-12,16-17,26,31H,4-7,10,13-15,19-20H2,1-3H3/q+1/t26-/m1/s1. The van der Waals surface area contributed by atoms with Crippen LogP contribution in [0.15, 0.2) is 36.4 Å². The van der Waals surface area contributed by atoms with Gasteiger partial charge in [0.1, 0.15) is 31.1 Å². The molecule has 0 spiro atoms. The lowest BCUT2D eigenvalue weighted by Crippen LogP contribution is -2.48. The molecule has 0 unspecified atom stereocenters. The van der Waals surface area contributed by atoms with Gasteiger partial charge < -0.3 is 19.1 Å². The number of aliphatic hydroxyl groups is 1. The number of hydrogen-bond donors (Lipinski definition) is 1. The molecule has 0 heterocycles. The van der Waals surface area contributed by atoms with E-state index in [9.17, 15) is 15.2 Å². The fourth-order valence-electron chi connectivity index (χ4n) is 4.53. The van der Waals surface area contributed by atoms with E-state index in [1.807, 2.05) is 6.07 Å². The van der Waals surface area contributed by atoms with Crippen LogP contribution >= 0.6 is 0 Å². The van der Waals surface area contributed by atoms with Gasteiger partial charge in [-0.3, -0.25) is 4.79 Å². The molecule has 0 radical (unpaired) electrons. The second-order valence-electron chi connectivity index (χ2n) is 9.76. The molecule has 1 aliphatic carbocycles. The fraction of sp³-hybridized carbons (Fsp3) is 0.500. The van der Waals surface area contributed by atoms with Gasteiger partial charge in [0.15, 0.2) is 0 Å². The van der Waals surface area contributed by atoms with Gasteiger partial charge in [-0.1, -0.05) is 24.3 Å². The number of nitrogens with zero attached hydrogens (tertiary/aromatic N) is 2. The largest absolute Gasteiger partial charge is 0.489 e. The number of carbonyl (C=O) groups excluding carboxylic acids is 1. The van der Waals surface area contributed by atoms with Gasteiger partial charge >= 0.3 is 5.97 Å². The van der Waals surface area contributed by atoms with Crippen LogP contribution in [-0.2, 0) is 35.2 Å². The summed E-state index contributed by atoms with van der Waals surface area (Å²) >= 11 is 0. The number of esters is 1. The Bertz CT molecular complexity index is 1030. The highest BCUT2D eigenvalue weighted by Gasteiger charge is 2.22. The minimum absolute atomic E-state index is 0.108. The topological polar surface area (TPSA) is 79.6 Å². The van der Waals surface area contributed by atoms with Crippen LogP contribution in [0.4, 0.5) is 0 Å². The Morgan fingerprint density at radius 2 is 1.85 bits per heavy atom. The van der Waals surface area contributed by atoms with Gasteiger partial charge in [-0.25, -0.2) is 0 Å². The van der Waals surface area contributed by atoms with Gasteiger partial charge in [0, 0.05) is 12.8 Å². The number of ether oxygens (including phenoxy) is 2. The second-order valence-corrected chi connectivity index (χ2v) is 9.76. The number of quaternary nitrogens is 1. The third kappa shape index (κ3) is 7.58. The van der Waals surface area contributed by atoms with Crippen molar-refractivity contribution in [3.05, 3.63) is 64.2 Å². The van der Waals surface area contributed by atoms with E-state index in [2.05, 4.69) is 38.4 Å². The molecule has 1 aliphatic rings. The molecule has 1 atom stereocenters. The van der Waals surface area contributed by atoms with Gasteiger partial charge in [0.2, 0.25) is 0 Å². The highest BCUT2D eigenvalue weighted by atomic mass is 16.5. The zero-order valence-electron chi connectivity index (χ0n) is 20.7. The number of aryl methyl sites for hydroxylation is 3. The average Bonchev–Trinajstić information content (AvgIpc) is 3.28. The average molecular weight is 466 g/mol. The maximum atomic E-state index is 11.6. The van der Waals surface area contributed by atoms with Crippen molar-refractivity contribution in [1.82, 2.24) is 0 Å². The quantitative estimate of drug-likeness (QED) is 0.383. The van der Waals surface area contributed by atoms with Crippen molar-refractivity contribution < 1.29 is 23.9 Å². The maximum absolute atomic E-state index is 11.6. The number of nitriles is 1. The number of likely N-dealkylation sites (N-methyl/N-ethyl adjacent to an activating group) is 1. The van der Waals surface area contributed by atoms with E-state index in [0.29, 0.717) is 35.4 Å². The van der Waals surface area contributed by atoms with E-state index in [1.54, 1.807) is 19.1 Å². The number of fused-ring (bicyclic) bond motifs is 1. The molecule has 3 rings (SSSR count). The molecule has 2 aromatic rings. The summed E-state index contributed by atoms with van der Waals surface area (Å²) in [7, 11) is 4.24. The fourth-order valence-corrected chi connectivity index (χ4v) is 4.53. The van der Waals surface area contributed by atoms with Gasteiger partial charge in [-0.15, -0.1) is 0 Å². The molecule has 6 nitrogen and oxygen atoms in total. The summed E-state index contributed by atoms with van der Waals surface area (Å²) < 4.78 is 11.5. The molecule has 0 saturated carbocycles. The molecule has 0 fully saturated rings. The molecule has 0 aromatic heterocycles. The Labute approximate surface area is 203 Å². The number of hydrogen-bond acceptors (Lipinski definition) is 5. The first-order valence-corrected chi connectivity index (χ1v) is 12.2.